The van der Waals surface area contributed by atoms with Gasteiger partial charge in [0.25, 0.3) is 0 Å². The Balaban J connectivity index is 1.99. The molecule has 1 atom stereocenters. The summed E-state index contributed by atoms with van der Waals surface area (Å²) >= 11 is 0. The van der Waals surface area contributed by atoms with Gasteiger partial charge in [-0.1, -0.05) is 24.4 Å². The minimum Gasteiger partial charge on any atom is -0.377 e. The van der Waals surface area contributed by atoms with Gasteiger partial charge in [-0.2, -0.15) is 4.98 Å². The van der Waals surface area contributed by atoms with Gasteiger partial charge in [-0.15, -0.1) is 0 Å². The highest BCUT2D eigenvalue weighted by atomic mass is 16.5. The lowest BCUT2D eigenvalue weighted by Crippen LogP contribution is -2.19. The van der Waals surface area contributed by atoms with E-state index in [1.165, 1.54) is 26.4 Å². The quantitative estimate of drug-likeness (QED) is 0.762. The summed E-state index contributed by atoms with van der Waals surface area (Å²) in [5.41, 5.74) is 0. The van der Waals surface area contributed by atoms with Crippen LogP contribution in [0.4, 0.5) is 0 Å². The molecule has 0 spiro atoms. The Labute approximate surface area is 118 Å². The van der Waals surface area contributed by atoms with Crippen molar-refractivity contribution in [3.8, 4) is 0 Å². The monoisotopic (exact) mass is 282 g/mol. The Bertz CT molecular complexity index is 427. The molecule has 6 nitrogen and oxygen atoms in total. The molecule has 0 N–H and O–H groups in total. The van der Waals surface area contributed by atoms with E-state index in [4.69, 9.17) is 14.0 Å². The van der Waals surface area contributed by atoms with Crippen LogP contribution in [0.3, 0.4) is 0 Å². The molecule has 2 rings (SSSR count). The number of carbonyl (C=O) groups is 1. The highest BCUT2D eigenvalue weighted by molar-refractivity contribution is 5.81. The van der Waals surface area contributed by atoms with Gasteiger partial charge >= 0.3 is 0 Å². The first kappa shape index (κ1) is 15.1. The van der Waals surface area contributed by atoms with Gasteiger partial charge in [-0.3, -0.25) is 4.79 Å². The van der Waals surface area contributed by atoms with Gasteiger partial charge < -0.3 is 14.0 Å². The molecule has 0 aromatic carbocycles. The maximum atomic E-state index is 11.5. The van der Waals surface area contributed by atoms with Crippen molar-refractivity contribution >= 4 is 5.78 Å². The van der Waals surface area contributed by atoms with E-state index in [0.717, 1.165) is 12.8 Å². The number of ketones is 1. The second-order valence-corrected chi connectivity index (χ2v) is 5.25. The first-order chi connectivity index (χ1) is 9.74. The largest absolute Gasteiger partial charge is 0.377 e. The van der Waals surface area contributed by atoms with E-state index in [-0.39, 0.29) is 24.9 Å². The molecule has 0 saturated heterocycles. The molecule has 0 aliphatic heterocycles. The van der Waals surface area contributed by atoms with Gasteiger partial charge in [-0.25, -0.2) is 0 Å². The molecular weight excluding hydrogens is 260 g/mol. The summed E-state index contributed by atoms with van der Waals surface area (Å²) in [6.45, 7) is 0.0635. The normalized spacial score (nSPS) is 18.1. The third-order valence-corrected chi connectivity index (χ3v) is 3.72. The van der Waals surface area contributed by atoms with Crippen LogP contribution in [0.2, 0.25) is 0 Å². The van der Waals surface area contributed by atoms with Crippen LogP contribution in [0.5, 0.6) is 0 Å². The number of rotatable bonds is 7. The molecule has 1 aromatic heterocycles. The van der Waals surface area contributed by atoms with Crippen LogP contribution in [-0.4, -0.2) is 36.8 Å². The van der Waals surface area contributed by atoms with Crippen molar-refractivity contribution in [2.75, 3.05) is 20.8 Å². The van der Waals surface area contributed by atoms with E-state index in [9.17, 15) is 4.79 Å². The molecule has 0 radical (unpaired) electrons. The first-order valence-corrected chi connectivity index (χ1v) is 7.10. The Morgan fingerprint density at radius 3 is 2.75 bits per heavy atom. The number of Topliss-reactive ketones (excluding diaryl/α,β-unsaturated/α-hetero) is 1. The second kappa shape index (κ2) is 7.50. The minimum atomic E-state index is -0.134. The van der Waals surface area contributed by atoms with Gasteiger partial charge in [0.2, 0.25) is 11.7 Å². The van der Waals surface area contributed by atoms with Crippen molar-refractivity contribution in [3.63, 3.8) is 0 Å². The van der Waals surface area contributed by atoms with Crippen LogP contribution in [0.25, 0.3) is 0 Å². The predicted octanol–water partition coefficient (Wildman–Crippen LogP) is 2.10. The van der Waals surface area contributed by atoms with E-state index < -0.39 is 0 Å². The summed E-state index contributed by atoms with van der Waals surface area (Å²) in [7, 11) is 3.16. The molecule has 1 unspecified atom stereocenters. The zero-order valence-corrected chi connectivity index (χ0v) is 12.1. The minimum absolute atomic E-state index is 0.0635. The number of hydrogen-bond acceptors (Lipinski definition) is 6. The average molecular weight is 282 g/mol. The fraction of sp³-hybridized carbons (Fsp3) is 0.786. The topological polar surface area (TPSA) is 74.5 Å². The van der Waals surface area contributed by atoms with Crippen LogP contribution in [0, 0.1) is 5.92 Å². The van der Waals surface area contributed by atoms with Crippen LogP contribution in [0.15, 0.2) is 4.52 Å². The summed E-state index contributed by atoms with van der Waals surface area (Å²) in [6.07, 6.45) is 5.97. The van der Waals surface area contributed by atoms with E-state index in [1.54, 1.807) is 7.11 Å². The van der Waals surface area contributed by atoms with Gasteiger partial charge in [0.05, 0.1) is 6.42 Å². The number of hydrogen-bond donors (Lipinski definition) is 0. The van der Waals surface area contributed by atoms with E-state index in [0.29, 0.717) is 17.6 Å². The van der Waals surface area contributed by atoms with E-state index >= 15 is 0 Å². The molecule has 112 valence electrons. The van der Waals surface area contributed by atoms with Gasteiger partial charge in [0.1, 0.15) is 12.7 Å². The zero-order chi connectivity index (χ0) is 14.4. The average Bonchev–Trinajstić information content (AvgIpc) is 2.89. The Hall–Kier alpha value is -1.27. The molecule has 1 aliphatic carbocycles. The fourth-order valence-corrected chi connectivity index (χ4v) is 2.78. The molecule has 0 amide bonds. The van der Waals surface area contributed by atoms with Crippen molar-refractivity contribution in [3.05, 3.63) is 11.7 Å². The summed E-state index contributed by atoms with van der Waals surface area (Å²) in [5, 5.41) is 3.97. The highest BCUT2D eigenvalue weighted by Crippen LogP contribution is 2.35. The third-order valence-electron chi connectivity index (χ3n) is 3.72. The summed E-state index contributed by atoms with van der Waals surface area (Å²) in [5.74, 6) is 1.25. The van der Waals surface area contributed by atoms with Crippen molar-refractivity contribution < 1.29 is 18.8 Å². The van der Waals surface area contributed by atoms with E-state index in [1.807, 2.05) is 0 Å². The molecule has 1 fully saturated rings. The summed E-state index contributed by atoms with van der Waals surface area (Å²) in [4.78, 5) is 15.8. The lowest BCUT2D eigenvalue weighted by molar-refractivity contribution is -0.122. The lowest BCUT2D eigenvalue weighted by atomic mass is 9.85. The van der Waals surface area contributed by atoms with Crippen molar-refractivity contribution in [1.29, 1.82) is 0 Å². The molecule has 0 bridgehead atoms. The SMILES string of the molecule is COCC(=O)Cc1nc(C(OC)C2CCCCC2)no1. The van der Waals surface area contributed by atoms with Crippen LogP contribution >= 0.6 is 0 Å². The Morgan fingerprint density at radius 2 is 2.10 bits per heavy atom. The number of methoxy groups -OCH3 is 2. The molecular formula is C14H22N2O4. The van der Waals surface area contributed by atoms with Crippen LogP contribution < -0.4 is 0 Å². The lowest BCUT2D eigenvalue weighted by Gasteiger charge is -2.26. The highest BCUT2D eigenvalue weighted by Gasteiger charge is 2.29. The molecule has 20 heavy (non-hydrogen) atoms. The molecule has 1 heterocycles. The number of nitrogens with zero attached hydrogens (tertiary/aromatic N) is 2. The first-order valence-electron chi connectivity index (χ1n) is 7.10. The Morgan fingerprint density at radius 1 is 1.35 bits per heavy atom. The standard InChI is InChI=1S/C14H22N2O4/c1-18-9-11(17)8-12-15-14(16-20-12)13(19-2)10-6-4-3-5-7-10/h10,13H,3-9H2,1-2H3. The van der Waals surface area contributed by atoms with Crippen LogP contribution in [-0.2, 0) is 20.7 Å². The zero-order valence-electron chi connectivity index (χ0n) is 12.1. The van der Waals surface area contributed by atoms with Crippen molar-refractivity contribution in [1.82, 2.24) is 10.1 Å². The molecule has 6 heteroatoms. The van der Waals surface area contributed by atoms with Crippen molar-refractivity contribution in [2.24, 2.45) is 5.92 Å². The second-order valence-electron chi connectivity index (χ2n) is 5.25. The fourth-order valence-electron chi connectivity index (χ4n) is 2.78. The van der Waals surface area contributed by atoms with Crippen molar-refractivity contribution in [2.45, 2.75) is 44.6 Å². The molecule has 1 aromatic rings. The Kier molecular flexibility index (Phi) is 5.67. The maximum Gasteiger partial charge on any atom is 0.234 e. The van der Waals surface area contributed by atoms with Gasteiger partial charge in [0.15, 0.2) is 5.78 Å². The third kappa shape index (κ3) is 3.86. The summed E-state index contributed by atoms with van der Waals surface area (Å²) in [6, 6.07) is 0. The number of carbonyl (C=O) groups excluding carboxylic acids is 1. The molecule has 1 aliphatic rings. The predicted molar refractivity (Wildman–Crippen MR) is 71.2 cm³/mol. The van der Waals surface area contributed by atoms with E-state index in [2.05, 4.69) is 10.1 Å². The van der Waals surface area contributed by atoms with Gasteiger partial charge in [0, 0.05) is 14.2 Å². The smallest absolute Gasteiger partial charge is 0.234 e. The molecule has 1 saturated carbocycles. The maximum absolute atomic E-state index is 11.5. The van der Waals surface area contributed by atoms with Gasteiger partial charge in [-0.05, 0) is 18.8 Å². The summed E-state index contributed by atoms with van der Waals surface area (Å²) < 4.78 is 15.5. The number of ether oxygens (including phenoxy) is 2. The van der Waals surface area contributed by atoms with Crippen LogP contribution in [0.1, 0.15) is 49.9 Å². The number of aromatic nitrogens is 2.